The summed E-state index contributed by atoms with van der Waals surface area (Å²) in [4.78, 5) is 33.7. The van der Waals surface area contributed by atoms with E-state index in [4.69, 9.17) is 4.74 Å². The third-order valence-corrected chi connectivity index (χ3v) is 6.48. The lowest BCUT2D eigenvalue weighted by Gasteiger charge is -2.32. The first-order valence-electron chi connectivity index (χ1n) is 12.6. The second-order valence-corrected chi connectivity index (χ2v) is 10.4. The molecule has 2 amide bonds. The summed E-state index contributed by atoms with van der Waals surface area (Å²) in [5.74, 6) is 0.859. The molecule has 3 aromatic rings. The van der Waals surface area contributed by atoms with Crippen LogP contribution in [-0.4, -0.2) is 52.3 Å². The summed E-state index contributed by atoms with van der Waals surface area (Å²) >= 11 is 0. The number of para-hydroxylation sites is 1. The molecule has 0 bridgehead atoms. The van der Waals surface area contributed by atoms with Crippen LogP contribution in [0, 0.1) is 5.41 Å². The molecule has 0 aliphatic heterocycles. The molecule has 0 spiro atoms. The van der Waals surface area contributed by atoms with Crippen molar-refractivity contribution in [3.8, 4) is 5.75 Å². The second-order valence-electron chi connectivity index (χ2n) is 10.4. The van der Waals surface area contributed by atoms with Crippen molar-refractivity contribution >= 4 is 22.7 Å². The molecule has 2 aromatic carbocycles. The normalized spacial score (nSPS) is 13.6. The molecule has 1 aliphatic rings. The van der Waals surface area contributed by atoms with Gasteiger partial charge in [-0.1, -0.05) is 51.1 Å². The monoisotopic (exact) mass is 475 g/mol. The van der Waals surface area contributed by atoms with Crippen LogP contribution < -0.4 is 4.74 Å². The van der Waals surface area contributed by atoms with Crippen molar-refractivity contribution in [3.05, 3.63) is 65.9 Å². The molecule has 186 valence electrons. The Hall–Kier alpha value is -3.28. The van der Waals surface area contributed by atoms with Gasteiger partial charge in [0.2, 0.25) is 11.8 Å². The quantitative estimate of drug-likeness (QED) is 0.440. The van der Waals surface area contributed by atoms with Crippen LogP contribution in [0.5, 0.6) is 5.75 Å². The SMILES string of the molecule is CCOc1ccc(CN(CCc2c[nH]c3ccccc23)C(=O)CN(C(=O)C(C)(C)C)C2CC2)cc1. The summed E-state index contributed by atoms with van der Waals surface area (Å²) in [6, 6.07) is 16.3. The van der Waals surface area contributed by atoms with E-state index >= 15 is 0 Å². The van der Waals surface area contributed by atoms with Crippen molar-refractivity contribution < 1.29 is 14.3 Å². The van der Waals surface area contributed by atoms with Crippen LogP contribution in [0.4, 0.5) is 0 Å². The van der Waals surface area contributed by atoms with Crippen LogP contribution in [0.2, 0.25) is 0 Å². The van der Waals surface area contributed by atoms with Gasteiger partial charge in [-0.25, -0.2) is 0 Å². The van der Waals surface area contributed by atoms with Crippen LogP contribution in [0.1, 0.15) is 51.7 Å². The number of aromatic amines is 1. The van der Waals surface area contributed by atoms with Crippen molar-refractivity contribution in [2.75, 3.05) is 19.7 Å². The molecule has 1 N–H and O–H groups in total. The van der Waals surface area contributed by atoms with Gasteiger partial charge in [0.15, 0.2) is 0 Å². The van der Waals surface area contributed by atoms with E-state index in [0.717, 1.165) is 36.1 Å². The van der Waals surface area contributed by atoms with Crippen LogP contribution in [0.3, 0.4) is 0 Å². The highest BCUT2D eigenvalue weighted by atomic mass is 16.5. The predicted molar refractivity (Wildman–Crippen MR) is 139 cm³/mol. The Bertz CT molecular complexity index is 1160. The Morgan fingerprint density at radius 2 is 1.77 bits per heavy atom. The molecule has 6 nitrogen and oxygen atoms in total. The van der Waals surface area contributed by atoms with Gasteiger partial charge in [0.25, 0.3) is 0 Å². The fourth-order valence-corrected chi connectivity index (χ4v) is 4.39. The number of aromatic nitrogens is 1. The zero-order valence-electron chi connectivity index (χ0n) is 21.3. The largest absolute Gasteiger partial charge is 0.494 e. The van der Waals surface area contributed by atoms with Gasteiger partial charge in [-0.05, 0) is 55.5 Å². The lowest BCUT2D eigenvalue weighted by Crippen LogP contribution is -2.47. The maximum Gasteiger partial charge on any atom is 0.242 e. The molecule has 1 fully saturated rings. The number of fused-ring (bicyclic) bond motifs is 1. The van der Waals surface area contributed by atoms with Gasteiger partial charge in [-0.15, -0.1) is 0 Å². The molecule has 1 aliphatic carbocycles. The maximum absolute atomic E-state index is 13.6. The van der Waals surface area contributed by atoms with E-state index in [0.29, 0.717) is 19.7 Å². The lowest BCUT2D eigenvalue weighted by atomic mass is 9.94. The Balaban J connectivity index is 1.52. The number of H-pyrrole nitrogens is 1. The lowest BCUT2D eigenvalue weighted by molar-refractivity contribution is -0.146. The van der Waals surface area contributed by atoms with Gasteiger partial charge in [0.05, 0.1) is 6.61 Å². The number of rotatable bonds is 10. The highest BCUT2D eigenvalue weighted by Gasteiger charge is 2.39. The van der Waals surface area contributed by atoms with Crippen LogP contribution in [-0.2, 0) is 22.6 Å². The zero-order valence-corrected chi connectivity index (χ0v) is 21.3. The highest BCUT2D eigenvalue weighted by Crippen LogP contribution is 2.31. The summed E-state index contributed by atoms with van der Waals surface area (Å²) < 4.78 is 5.57. The number of ether oxygens (including phenoxy) is 1. The number of hydrogen-bond acceptors (Lipinski definition) is 3. The minimum atomic E-state index is -0.507. The minimum absolute atomic E-state index is 0.0109. The molecule has 6 heteroatoms. The molecule has 1 saturated carbocycles. The number of benzene rings is 2. The molecular formula is C29H37N3O3. The molecule has 1 heterocycles. The van der Waals surface area contributed by atoms with E-state index in [2.05, 4.69) is 17.1 Å². The topological polar surface area (TPSA) is 65.6 Å². The summed E-state index contributed by atoms with van der Waals surface area (Å²) in [6.45, 7) is 9.55. The van der Waals surface area contributed by atoms with Crippen LogP contribution >= 0.6 is 0 Å². The van der Waals surface area contributed by atoms with Gasteiger partial charge >= 0.3 is 0 Å². The third-order valence-electron chi connectivity index (χ3n) is 6.48. The van der Waals surface area contributed by atoms with E-state index in [1.807, 2.05) is 75.2 Å². The van der Waals surface area contributed by atoms with E-state index in [-0.39, 0.29) is 24.4 Å². The number of hydrogen-bond donors (Lipinski definition) is 1. The number of carbonyl (C=O) groups is 2. The standard InChI is InChI=1S/C29H37N3O3/c1-5-35-24-14-10-21(11-15-24)19-31(17-16-22-18-30-26-9-7-6-8-25(22)26)27(33)20-32(23-12-13-23)28(34)29(2,3)4/h6-11,14-15,18,23,30H,5,12-13,16-17,19-20H2,1-4H3. The molecule has 0 unspecified atom stereocenters. The average Bonchev–Trinajstić information content (AvgIpc) is 3.60. The fraction of sp³-hybridized carbons (Fsp3) is 0.448. The highest BCUT2D eigenvalue weighted by molar-refractivity contribution is 5.88. The molecule has 0 radical (unpaired) electrons. The van der Waals surface area contributed by atoms with Crippen molar-refractivity contribution in [1.29, 1.82) is 0 Å². The van der Waals surface area contributed by atoms with Crippen molar-refractivity contribution in [3.63, 3.8) is 0 Å². The maximum atomic E-state index is 13.6. The molecule has 1 aromatic heterocycles. The number of nitrogens with zero attached hydrogens (tertiary/aromatic N) is 2. The smallest absolute Gasteiger partial charge is 0.242 e. The van der Waals surface area contributed by atoms with Crippen molar-refractivity contribution in [1.82, 2.24) is 14.8 Å². The molecular weight excluding hydrogens is 438 g/mol. The average molecular weight is 476 g/mol. The first-order valence-corrected chi connectivity index (χ1v) is 12.6. The van der Waals surface area contributed by atoms with Crippen molar-refractivity contribution in [2.45, 2.75) is 59.5 Å². The minimum Gasteiger partial charge on any atom is -0.494 e. The van der Waals surface area contributed by atoms with E-state index in [1.165, 1.54) is 10.9 Å². The predicted octanol–water partition coefficient (Wildman–Crippen LogP) is 5.18. The Morgan fingerprint density at radius 1 is 1.06 bits per heavy atom. The Labute approximate surface area is 208 Å². The van der Waals surface area contributed by atoms with Gasteiger partial charge in [-0.3, -0.25) is 9.59 Å². The van der Waals surface area contributed by atoms with Crippen molar-refractivity contribution in [2.24, 2.45) is 5.41 Å². The number of carbonyl (C=O) groups excluding carboxylic acids is 2. The first-order chi connectivity index (χ1) is 16.8. The van der Waals surface area contributed by atoms with Gasteiger partial charge in [0, 0.05) is 41.6 Å². The van der Waals surface area contributed by atoms with Crippen LogP contribution in [0.25, 0.3) is 10.9 Å². The summed E-state index contributed by atoms with van der Waals surface area (Å²) in [7, 11) is 0. The zero-order chi connectivity index (χ0) is 25.0. The number of amides is 2. The number of nitrogens with one attached hydrogen (secondary N) is 1. The van der Waals surface area contributed by atoms with E-state index in [9.17, 15) is 9.59 Å². The van der Waals surface area contributed by atoms with E-state index in [1.54, 1.807) is 4.90 Å². The summed E-state index contributed by atoms with van der Waals surface area (Å²) in [5.41, 5.74) is 2.82. The van der Waals surface area contributed by atoms with Gasteiger partial charge in [0.1, 0.15) is 12.3 Å². The molecule has 35 heavy (non-hydrogen) atoms. The summed E-state index contributed by atoms with van der Waals surface area (Å²) in [6.07, 6.45) is 4.72. The third kappa shape index (κ3) is 6.24. The van der Waals surface area contributed by atoms with Gasteiger partial charge in [-0.2, -0.15) is 0 Å². The van der Waals surface area contributed by atoms with E-state index < -0.39 is 5.41 Å². The first kappa shape index (κ1) is 24.8. The fourth-order valence-electron chi connectivity index (χ4n) is 4.39. The van der Waals surface area contributed by atoms with Crippen LogP contribution in [0.15, 0.2) is 54.7 Å². The second kappa shape index (κ2) is 10.5. The Morgan fingerprint density at radius 3 is 2.43 bits per heavy atom. The Kier molecular flexibility index (Phi) is 7.48. The molecule has 0 atom stereocenters. The summed E-state index contributed by atoms with van der Waals surface area (Å²) in [5, 5.41) is 1.18. The molecule has 4 rings (SSSR count). The van der Waals surface area contributed by atoms with Gasteiger partial charge < -0.3 is 19.5 Å². The molecule has 0 saturated heterocycles.